The predicted octanol–water partition coefficient (Wildman–Crippen LogP) is 3.53. The van der Waals surface area contributed by atoms with Crippen LogP contribution in [0, 0.1) is 6.92 Å². The first-order valence-corrected chi connectivity index (χ1v) is 9.64. The standard InChI is InChI=1S/C19H17BrClN3O3S/c1-12-2-4-13(5-3-12)6-9-17(25)22-19(28)24-23-18(26)11-27-16-8-7-14(21)10-15(16)20/h2-10H,11H2,1H3,(H,23,26)(H2,22,24,25,28)/b9-6+. The quantitative estimate of drug-likeness (QED) is 0.345. The van der Waals surface area contributed by atoms with Gasteiger partial charge in [-0.15, -0.1) is 0 Å². The van der Waals surface area contributed by atoms with Crippen molar-refractivity contribution in [3.05, 3.63) is 69.2 Å². The van der Waals surface area contributed by atoms with Crippen molar-refractivity contribution in [2.75, 3.05) is 6.61 Å². The highest BCUT2D eigenvalue weighted by Crippen LogP contribution is 2.27. The number of carbonyl (C=O) groups excluding carboxylic acids is 2. The summed E-state index contributed by atoms with van der Waals surface area (Å²) in [7, 11) is 0. The molecule has 0 unspecified atom stereocenters. The van der Waals surface area contributed by atoms with Crippen LogP contribution in [0.3, 0.4) is 0 Å². The highest BCUT2D eigenvalue weighted by atomic mass is 79.9. The van der Waals surface area contributed by atoms with Crippen molar-refractivity contribution >= 4 is 62.8 Å². The maximum absolute atomic E-state index is 11.8. The number of hydrogen-bond acceptors (Lipinski definition) is 4. The summed E-state index contributed by atoms with van der Waals surface area (Å²) in [5, 5.41) is 2.93. The van der Waals surface area contributed by atoms with Crippen LogP contribution in [-0.4, -0.2) is 23.5 Å². The van der Waals surface area contributed by atoms with E-state index in [1.807, 2.05) is 31.2 Å². The zero-order valence-corrected chi connectivity index (χ0v) is 18.0. The molecular weight excluding hydrogens is 466 g/mol. The molecule has 0 saturated carbocycles. The Morgan fingerprint density at radius 1 is 1.18 bits per heavy atom. The summed E-state index contributed by atoms with van der Waals surface area (Å²) < 4.78 is 5.99. The number of nitrogens with one attached hydrogen (secondary N) is 3. The second-order valence-electron chi connectivity index (χ2n) is 5.60. The van der Waals surface area contributed by atoms with Crippen LogP contribution in [0.1, 0.15) is 11.1 Å². The molecule has 0 atom stereocenters. The lowest BCUT2D eigenvalue weighted by atomic mass is 10.1. The van der Waals surface area contributed by atoms with Gasteiger partial charge in [0.2, 0.25) is 5.91 Å². The smallest absolute Gasteiger partial charge is 0.276 e. The van der Waals surface area contributed by atoms with Gasteiger partial charge in [0.05, 0.1) is 4.47 Å². The van der Waals surface area contributed by atoms with Crippen molar-refractivity contribution in [2.24, 2.45) is 0 Å². The molecule has 2 aromatic rings. The molecule has 2 amide bonds. The Hall–Kier alpha value is -2.42. The molecule has 2 rings (SSSR count). The van der Waals surface area contributed by atoms with Gasteiger partial charge in [-0.1, -0.05) is 41.4 Å². The topological polar surface area (TPSA) is 79.5 Å². The van der Waals surface area contributed by atoms with Gasteiger partial charge in [-0.25, -0.2) is 0 Å². The third kappa shape index (κ3) is 7.67. The van der Waals surface area contributed by atoms with Gasteiger partial charge in [0.1, 0.15) is 5.75 Å². The Balaban J connectivity index is 1.71. The van der Waals surface area contributed by atoms with Gasteiger partial charge in [0.15, 0.2) is 11.7 Å². The molecule has 0 fully saturated rings. The summed E-state index contributed by atoms with van der Waals surface area (Å²) in [4.78, 5) is 23.6. The van der Waals surface area contributed by atoms with Gasteiger partial charge in [-0.2, -0.15) is 0 Å². The van der Waals surface area contributed by atoms with Gasteiger partial charge in [-0.05, 0) is 64.9 Å². The van der Waals surface area contributed by atoms with E-state index in [1.165, 1.54) is 6.08 Å². The fourth-order valence-corrected chi connectivity index (χ4v) is 2.88. The minimum absolute atomic E-state index is 0.0421. The van der Waals surface area contributed by atoms with Crippen LogP contribution in [0.15, 0.2) is 53.0 Å². The molecule has 0 aliphatic heterocycles. The lowest BCUT2D eigenvalue weighted by molar-refractivity contribution is -0.123. The van der Waals surface area contributed by atoms with Crippen molar-refractivity contribution in [1.82, 2.24) is 16.2 Å². The first-order chi connectivity index (χ1) is 13.3. The molecule has 0 aromatic heterocycles. The summed E-state index contributed by atoms with van der Waals surface area (Å²) in [6.07, 6.45) is 3.01. The van der Waals surface area contributed by atoms with Crippen molar-refractivity contribution in [2.45, 2.75) is 6.92 Å². The molecule has 6 nitrogen and oxygen atoms in total. The predicted molar refractivity (Wildman–Crippen MR) is 117 cm³/mol. The van der Waals surface area contributed by atoms with E-state index in [9.17, 15) is 9.59 Å². The highest BCUT2D eigenvalue weighted by molar-refractivity contribution is 9.10. The fraction of sp³-hybridized carbons (Fsp3) is 0.105. The molecule has 9 heteroatoms. The third-order valence-corrected chi connectivity index (χ3v) is 4.37. The van der Waals surface area contributed by atoms with Gasteiger partial charge in [0.25, 0.3) is 5.91 Å². The van der Waals surface area contributed by atoms with Crippen molar-refractivity contribution < 1.29 is 14.3 Å². The van der Waals surface area contributed by atoms with Crippen LogP contribution >= 0.6 is 39.7 Å². The summed E-state index contributed by atoms with van der Waals surface area (Å²) >= 11 is 14.1. The number of halogens is 2. The highest BCUT2D eigenvalue weighted by Gasteiger charge is 2.07. The Morgan fingerprint density at radius 3 is 2.57 bits per heavy atom. The number of benzene rings is 2. The van der Waals surface area contributed by atoms with Crippen LogP contribution in [0.2, 0.25) is 5.02 Å². The molecular formula is C19H17BrClN3O3S. The molecule has 0 bridgehead atoms. The molecule has 0 aliphatic carbocycles. The number of aryl methyl sites for hydroxylation is 1. The monoisotopic (exact) mass is 481 g/mol. The van der Waals surface area contributed by atoms with Crippen LogP contribution < -0.4 is 20.9 Å². The second-order valence-corrected chi connectivity index (χ2v) is 7.30. The molecule has 3 N–H and O–H groups in total. The zero-order valence-electron chi connectivity index (χ0n) is 14.8. The SMILES string of the molecule is Cc1ccc(/C=C/C(=O)NC(=S)NNC(=O)COc2ccc(Cl)cc2Br)cc1. The maximum Gasteiger partial charge on any atom is 0.276 e. The zero-order chi connectivity index (χ0) is 20.5. The van der Waals surface area contributed by atoms with E-state index in [2.05, 4.69) is 32.1 Å². The first-order valence-electron chi connectivity index (χ1n) is 8.06. The third-order valence-electron chi connectivity index (χ3n) is 3.31. The summed E-state index contributed by atoms with van der Waals surface area (Å²) in [5.41, 5.74) is 6.79. The molecule has 28 heavy (non-hydrogen) atoms. The summed E-state index contributed by atoms with van der Waals surface area (Å²) in [5.74, 6) is -0.431. The summed E-state index contributed by atoms with van der Waals surface area (Å²) in [6, 6.07) is 12.6. The number of hydrogen-bond donors (Lipinski definition) is 3. The van der Waals surface area contributed by atoms with E-state index in [4.69, 9.17) is 28.6 Å². The maximum atomic E-state index is 11.8. The van der Waals surface area contributed by atoms with Crippen molar-refractivity contribution in [3.63, 3.8) is 0 Å². The normalized spacial score (nSPS) is 10.4. The Labute approximate surface area is 181 Å². The molecule has 0 heterocycles. The van der Waals surface area contributed by atoms with Gasteiger partial charge < -0.3 is 4.74 Å². The Morgan fingerprint density at radius 2 is 1.89 bits per heavy atom. The first kappa shape index (κ1) is 21.9. The molecule has 0 spiro atoms. The lowest BCUT2D eigenvalue weighted by Crippen LogP contribution is -2.49. The molecule has 146 valence electrons. The number of thiocarbonyl (C=S) groups is 1. The summed E-state index contributed by atoms with van der Waals surface area (Å²) in [6.45, 7) is 1.73. The molecule has 0 saturated heterocycles. The van der Waals surface area contributed by atoms with Crippen molar-refractivity contribution in [3.8, 4) is 5.75 Å². The number of amides is 2. The lowest BCUT2D eigenvalue weighted by Gasteiger charge is -2.11. The van der Waals surface area contributed by atoms with E-state index in [-0.39, 0.29) is 11.7 Å². The number of ether oxygens (including phenoxy) is 1. The Kier molecular flexibility index (Phi) is 8.43. The largest absolute Gasteiger partial charge is 0.483 e. The average molecular weight is 483 g/mol. The number of rotatable bonds is 5. The second kappa shape index (κ2) is 10.8. The van der Waals surface area contributed by atoms with Crippen LogP contribution in [0.4, 0.5) is 0 Å². The van der Waals surface area contributed by atoms with E-state index in [1.54, 1.807) is 24.3 Å². The van der Waals surface area contributed by atoms with Crippen LogP contribution in [0.25, 0.3) is 6.08 Å². The van der Waals surface area contributed by atoms with E-state index in [0.29, 0.717) is 15.2 Å². The molecule has 0 radical (unpaired) electrons. The number of carbonyl (C=O) groups is 2. The van der Waals surface area contributed by atoms with Gasteiger partial charge in [-0.3, -0.25) is 25.8 Å². The molecule has 2 aromatic carbocycles. The van der Waals surface area contributed by atoms with E-state index >= 15 is 0 Å². The Bertz CT molecular complexity index is 904. The van der Waals surface area contributed by atoms with Crippen LogP contribution in [-0.2, 0) is 9.59 Å². The minimum atomic E-state index is -0.478. The average Bonchev–Trinajstić information content (AvgIpc) is 2.65. The fourth-order valence-electron chi connectivity index (χ4n) is 1.93. The van der Waals surface area contributed by atoms with E-state index < -0.39 is 11.8 Å². The van der Waals surface area contributed by atoms with Gasteiger partial charge >= 0.3 is 0 Å². The van der Waals surface area contributed by atoms with E-state index in [0.717, 1.165) is 11.1 Å². The van der Waals surface area contributed by atoms with Crippen molar-refractivity contribution in [1.29, 1.82) is 0 Å². The van der Waals surface area contributed by atoms with Gasteiger partial charge in [0, 0.05) is 11.1 Å². The minimum Gasteiger partial charge on any atom is -0.483 e. The number of hydrazine groups is 1. The van der Waals surface area contributed by atoms with Crippen LogP contribution in [0.5, 0.6) is 5.75 Å². The molecule has 0 aliphatic rings.